The number of aromatic hydroxyl groups is 1. The lowest BCUT2D eigenvalue weighted by Gasteiger charge is -2.52. The third kappa shape index (κ3) is 3.19. The van der Waals surface area contributed by atoms with E-state index in [1.165, 1.54) is 24.0 Å². The Morgan fingerprint density at radius 1 is 1.10 bits per heavy atom. The van der Waals surface area contributed by atoms with Gasteiger partial charge in [0.15, 0.2) is 0 Å². The molecule has 4 nitrogen and oxygen atoms in total. The van der Waals surface area contributed by atoms with Gasteiger partial charge in [-0.15, -0.1) is 0 Å². The van der Waals surface area contributed by atoms with Crippen LogP contribution in [0.25, 0.3) is 0 Å². The molecule has 0 aromatic heterocycles. The maximum Gasteiger partial charge on any atom is 0.410 e. The highest BCUT2D eigenvalue weighted by Crippen LogP contribution is 2.55. The molecule has 1 heterocycles. The summed E-state index contributed by atoms with van der Waals surface area (Å²) in [5.41, 5.74) is 3.77. The van der Waals surface area contributed by atoms with Crippen molar-refractivity contribution >= 4 is 6.09 Å². The molecule has 1 N–H and O–H groups in total. The minimum atomic E-state index is -0.178. The second-order valence-corrected chi connectivity index (χ2v) is 8.96. The molecule has 1 unspecified atom stereocenters. The summed E-state index contributed by atoms with van der Waals surface area (Å²) in [4.78, 5) is 15.2. The number of ether oxygens (including phenoxy) is 1. The average molecular weight is 392 g/mol. The molecule has 2 aromatic rings. The van der Waals surface area contributed by atoms with Crippen molar-refractivity contribution in [3.63, 3.8) is 0 Å². The molecule has 4 heteroatoms. The topological polar surface area (TPSA) is 49.8 Å². The number of likely N-dealkylation sites (tertiary alicyclic amines) is 1. The van der Waals surface area contributed by atoms with E-state index in [0.717, 1.165) is 44.2 Å². The summed E-state index contributed by atoms with van der Waals surface area (Å²) in [5.74, 6) is 0.821. The standard InChI is InChI=1S/C25H29NO3/c27-20-11-10-19-15-23-21-9-4-5-12-25(21,22(19)16-20)13-6-14-26(23)24(28)29-17-18-7-2-1-3-8-18/h1-3,7-8,10-11,16,21,23,27H,4-6,9,12-15,17H2/t21?,23-,25-/m0/s1. The van der Waals surface area contributed by atoms with Crippen molar-refractivity contribution in [3.8, 4) is 5.75 Å². The van der Waals surface area contributed by atoms with Crippen LogP contribution in [0, 0.1) is 5.92 Å². The van der Waals surface area contributed by atoms with Crippen LogP contribution in [0.3, 0.4) is 0 Å². The first kappa shape index (κ1) is 18.5. The Bertz CT molecular complexity index is 896. The minimum Gasteiger partial charge on any atom is -0.508 e. The van der Waals surface area contributed by atoms with Gasteiger partial charge >= 0.3 is 6.09 Å². The zero-order chi connectivity index (χ0) is 19.8. The summed E-state index contributed by atoms with van der Waals surface area (Å²) in [5, 5.41) is 10.2. The first-order chi connectivity index (χ1) is 14.2. The highest BCUT2D eigenvalue weighted by molar-refractivity contribution is 5.68. The van der Waals surface area contributed by atoms with Crippen molar-refractivity contribution in [1.29, 1.82) is 0 Å². The second kappa shape index (κ2) is 7.40. The Morgan fingerprint density at radius 2 is 1.93 bits per heavy atom. The van der Waals surface area contributed by atoms with Gasteiger partial charge < -0.3 is 14.7 Å². The van der Waals surface area contributed by atoms with Crippen LogP contribution >= 0.6 is 0 Å². The van der Waals surface area contributed by atoms with Crippen molar-refractivity contribution < 1.29 is 14.6 Å². The van der Waals surface area contributed by atoms with Gasteiger partial charge in [-0.05, 0) is 66.8 Å². The van der Waals surface area contributed by atoms with Gasteiger partial charge in [-0.25, -0.2) is 4.79 Å². The number of phenols is 1. The van der Waals surface area contributed by atoms with E-state index >= 15 is 0 Å². The number of rotatable bonds is 2. The van der Waals surface area contributed by atoms with E-state index in [9.17, 15) is 9.90 Å². The van der Waals surface area contributed by atoms with Crippen molar-refractivity contribution in [2.45, 2.75) is 63.0 Å². The van der Waals surface area contributed by atoms with Gasteiger partial charge in [0.25, 0.3) is 0 Å². The number of nitrogens with zero attached hydrogens (tertiary/aromatic N) is 1. The lowest BCUT2D eigenvalue weighted by atomic mass is 9.54. The summed E-state index contributed by atoms with van der Waals surface area (Å²) in [7, 11) is 0. The van der Waals surface area contributed by atoms with Crippen LogP contribution in [0.2, 0.25) is 0 Å². The van der Waals surface area contributed by atoms with E-state index in [2.05, 4.69) is 6.07 Å². The molecule has 1 saturated carbocycles. The molecule has 2 fully saturated rings. The Morgan fingerprint density at radius 3 is 2.79 bits per heavy atom. The van der Waals surface area contributed by atoms with E-state index in [1.807, 2.05) is 41.3 Å². The summed E-state index contributed by atoms with van der Waals surface area (Å²) in [6, 6.07) is 16.0. The zero-order valence-corrected chi connectivity index (χ0v) is 16.8. The van der Waals surface area contributed by atoms with Crippen LogP contribution in [-0.4, -0.2) is 28.7 Å². The molecule has 2 bridgehead atoms. The number of hydrogen-bond acceptors (Lipinski definition) is 3. The molecule has 1 aliphatic heterocycles. The second-order valence-electron chi connectivity index (χ2n) is 8.96. The van der Waals surface area contributed by atoms with Crippen LogP contribution in [0.1, 0.15) is 55.2 Å². The number of amides is 1. The molecule has 0 radical (unpaired) electrons. The Hall–Kier alpha value is -2.49. The predicted molar refractivity (Wildman–Crippen MR) is 112 cm³/mol. The monoisotopic (exact) mass is 391 g/mol. The molecule has 3 atom stereocenters. The Kier molecular flexibility index (Phi) is 4.73. The molecule has 1 amide bonds. The van der Waals surface area contributed by atoms with Crippen LogP contribution in [0.4, 0.5) is 4.79 Å². The van der Waals surface area contributed by atoms with Crippen molar-refractivity contribution in [1.82, 2.24) is 4.90 Å². The molecule has 0 spiro atoms. The van der Waals surface area contributed by atoms with Crippen molar-refractivity contribution in [2.24, 2.45) is 5.92 Å². The third-order valence-electron chi connectivity index (χ3n) is 7.48. The van der Waals surface area contributed by atoms with Gasteiger partial charge in [-0.2, -0.15) is 0 Å². The molecular weight excluding hydrogens is 362 g/mol. The maximum absolute atomic E-state index is 13.1. The summed E-state index contributed by atoms with van der Waals surface area (Å²) in [6.07, 6.45) is 7.54. The maximum atomic E-state index is 13.1. The fourth-order valence-electron chi connectivity index (χ4n) is 6.27. The lowest BCUT2D eigenvalue weighted by molar-refractivity contribution is 0.0442. The number of phenolic OH excluding ortho intramolecular Hbond substituents is 1. The quantitative estimate of drug-likeness (QED) is 0.768. The van der Waals surface area contributed by atoms with Gasteiger partial charge in [0.1, 0.15) is 12.4 Å². The van der Waals surface area contributed by atoms with Gasteiger partial charge in [0.2, 0.25) is 0 Å². The summed E-state index contributed by atoms with van der Waals surface area (Å²) < 4.78 is 5.75. The van der Waals surface area contributed by atoms with Crippen LogP contribution in [0.5, 0.6) is 5.75 Å². The summed E-state index contributed by atoms with van der Waals surface area (Å²) in [6.45, 7) is 1.08. The first-order valence-electron chi connectivity index (χ1n) is 11.0. The number of carbonyl (C=O) groups is 1. The number of carbonyl (C=O) groups excluding carboxylic acids is 1. The van der Waals surface area contributed by atoms with Crippen LogP contribution in [0.15, 0.2) is 48.5 Å². The molecular formula is C25H29NO3. The fourth-order valence-corrected chi connectivity index (χ4v) is 6.27. The highest BCUT2D eigenvalue weighted by atomic mass is 16.6. The lowest BCUT2D eigenvalue weighted by Crippen LogP contribution is -2.54. The number of benzene rings is 2. The van der Waals surface area contributed by atoms with Gasteiger partial charge in [0, 0.05) is 18.0 Å². The molecule has 1 saturated heterocycles. The van der Waals surface area contributed by atoms with Gasteiger partial charge in [-0.3, -0.25) is 0 Å². The highest BCUT2D eigenvalue weighted by Gasteiger charge is 2.53. The largest absolute Gasteiger partial charge is 0.508 e. The molecule has 2 aliphatic carbocycles. The predicted octanol–water partition coefficient (Wildman–Crippen LogP) is 5.18. The van der Waals surface area contributed by atoms with E-state index < -0.39 is 0 Å². The van der Waals surface area contributed by atoms with Crippen molar-refractivity contribution in [2.75, 3.05) is 6.54 Å². The van der Waals surface area contributed by atoms with E-state index in [1.54, 1.807) is 6.07 Å². The minimum absolute atomic E-state index is 0.101. The van der Waals surface area contributed by atoms with Gasteiger partial charge in [0.05, 0.1) is 0 Å². The number of hydrogen-bond donors (Lipinski definition) is 1. The Balaban J connectivity index is 1.45. The molecule has 152 valence electrons. The van der Waals surface area contributed by atoms with E-state index in [0.29, 0.717) is 18.3 Å². The SMILES string of the molecule is O=C(OCc1ccccc1)N1CCC[C@@]23CCCCC2[C@@H]1Cc1ccc(O)cc13. The molecule has 5 rings (SSSR count). The first-order valence-corrected chi connectivity index (χ1v) is 11.0. The molecule has 2 aromatic carbocycles. The van der Waals surface area contributed by atoms with Crippen LogP contribution in [-0.2, 0) is 23.2 Å². The normalized spacial score (nSPS) is 28.1. The zero-order valence-electron chi connectivity index (χ0n) is 16.8. The average Bonchev–Trinajstić information content (AvgIpc) is 2.88. The number of fused-ring (bicyclic) bond motifs is 1. The molecule has 3 aliphatic rings. The van der Waals surface area contributed by atoms with E-state index in [-0.39, 0.29) is 17.6 Å². The van der Waals surface area contributed by atoms with E-state index in [4.69, 9.17) is 4.74 Å². The van der Waals surface area contributed by atoms with Crippen molar-refractivity contribution in [3.05, 3.63) is 65.2 Å². The van der Waals surface area contributed by atoms with Crippen LogP contribution < -0.4 is 0 Å². The summed E-state index contributed by atoms with van der Waals surface area (Å²) >= 11 is 0. The Labute approximate surface area is 172 Å². The van der Waals surface area contributed by atoms with Gasteiger partial charge in [-0.1, -0.05) is 49.2 Å². The molecule has 29 heavy (non-hydrogen) atoms. The smallest absolute Gasteiger partial charge is 0.410 e. The third-order valence-corrected chi connectivity index (χ3v) is 7.48. The fraction of sp³-hybridized carbons (Fsp3) is 0.480.